The minimum absolute atomic E-state index is 0.00271. The Kier molecular flexibility index (Phi) is 5.68. The Balaban J connectivity index is 1.79. The largest absolute Gasteiger partial charge is 0.459 e. The minimum atomic E-state index is -0.351. The summed E-state index contributed by atoms with van der Waals surface area (Å²) in [5, 5.41) is 9.48. The van der Waals surface area contributed by atoms with Crippen molar-refractivity contribution in [1.82, 2.24) is 10.6 Å². The van der Waals surface area contributed by atoms with Crippen LogP contribution in [-0.4, -0.2) is 18.0 Å². The lowest BCUT2D eigenvalue weighted by molar-refractivity contribution is 0.0936. The van der Waals surface area contributed by atoms with Gasteiger partial charge in [-0.2, -0.15) is 0 Å². The van der Waals surface area contributed by atoms with Crippen molar-refractivity contribution < 1.29 is 14.0 Å². The van der Waals surface area contributed by atoms with E-state index < -0.39 is 0 Å². The average Bonchev–Trinajstić information content (AvgIpc) is 2.98. The van der Waals surface area contributed by atoms with Gasteiger partial charge in [-0.05, 0) is 45.9 Å². The summed E-state index contributed by atoms with van der Waals surface area (Å²) in [6.07, 6.45) is 0. The lowest BCUT2D eigenvalue weighted by Crippen LogP contribution is -2.35. The molecule has 0 saturated carbocycles. The molecule has 1 unspecified atom stereocenters. The van der Waals surface area contributed by atoms with Crippen LogP contribution in [0.25, 0.3) is 11.0 Å². The van der Waals surface area contributed by atoms with Crippen LogP contribution in [0.3, 0.4) is 0 Å². The molecule has 1 aromatic heterocycles. The van der Waals surface area contributed by atoms with Crippen molar-refractivity contribution in [2.45, 2.75) is 39.8 Å². The molecule has 0 spiro atoms. The van der Waals surface area contributed by atoms with E-state index >= 15 is 0 Å². The average molecular weight is 379 g/mol. The molecule has 28 heavy (non-hydrogen) atoms. The van der Waals surface area contributed by atoms with Crippen molar-refractivity contribution in [3.63, 3.8) is 0 Å². The molecule has 3 aromatic rings. The van der Waals surface area contributed by atoms with Gasteiger partial charge in [0.2, 0.25) is 0 Å². The number of urea groups is 1. The Hall–Kier alpha value is -3.28. The second-order valence-corrected chi connectivity index (χ2v) is 7.08. The van der Waals surface area contributed by atoms with Crippen LogP contribution in [0.15, 0.2) is 52.9 Å². The third-order valence-corrected chi connectivity index (χ3v) is 4.46. The molecule has 6 heteroatoms. The number of hydrogen-bond donors (Lipinski definition) is 3. The zero-order valence-corrected chi connectivity index (χ0v) is 16.5. The van der Waals surface area contributed by atoms with E-state index in [1.165, 1.54) is 0 Å². The van der Waals surface area contributed by atoms with Crippen LogP contribution in [-0.2, 0) is 0 Å². The number of carbonyl (C=O) groups is 2. The number of aryl methyl sites for hydroxylation is 1. The molecule has 6 nitrogen and oxygen atoms in total. The van der Waals surface area contributed by atoms with Gasteiger partial charge in [-0.3, -0.25) is 4.79 Å². The maximum atomic E-state index is 12.9. The summed E-state index contributed by atoms with van der Waals surface area (Å²) in [6.45, 7) is 7.60. The van der Waals surface area contributed by atoms with Gasteiger partial charge in [0.1, 0.15) is 11.3 Å². The van der Waals surface area contributed by atoms with Gasteiger partial charge >= 0.3 is 6.03 Å². The number of furan rings is 1. The lowest BCUT2D eigenvalue weighted by Gasteiger charge is -2.16. The van der Waals surface area contributed by atoms with Gasteiger partial charge in [0.15, 0.2) is 0 Å². The molecule has 0 aliphatic heterocycles. The predicted molar refractivity (Wildman–Crippen MR) is 111 cm³/mol. The molecule has 0 radical (unpaired) electrons. The summed E-state index contributed by atoms with van der Waals surface area (Å²) in [7, 11) is 0. The summed E-state index contributed by atoms with van der Waals surface area (Å²) in [4.78, 5) is 24.9. The molecule has 2 aromatic carbocycles. The van der Waals surface area contributed by atoms with Crippen LogP contribution in [0.4, 0.5) is 10.5 Å². The minimum Gasteiger partial charge on any atom is -0.459 e. The number of benzene rings is 2. The van der Waals surface area contributed by atoms with E-state index in [0.717, 1.165) is 22.3 Å². The van der Waals surface area contributed by atoms with Crippen molar-refractivity contribution in [3.8, 4) is 0 Å². The molecule has 0 bridgehead atoms. The third-order valence-electron chi connectivity index (χ3n) is 4.46. The van der Waals surface area contributed by atoms with Crippen molar-refractivity contribution in [3.05, 3.63) is 65.4 Å². The number of carbonyl (C=O) groups excluding carboxylic acids is 2. The molecule has 3 rings (SSSR count). The standard InChI is InChI=1S/C22H25N3O3/c1-13(2)23-22(27)25-18-11-7-5-10-17(18)21(26)24-15(4)20-14(3)16-9-6-8-12-19(16)28-20/h5-13,15H,1-4H3,(H,24,26)(H2,23,25,27). The number of para-hydroxylation sites is 2. The molecule has 146 valence electrons. The number of anilines is 1. The van der Waals surface area contributed by atoms with Gasteiger partial charge in [0, 0.05) is 17.0 Å². The molecule has 1 heterocycles. The fourth-order valence-corrected chi connectivity index (χ4v) is 3.16. The molecular weight excluding hydrogens is 354 g/mol. The Morgan fingerprint density at radius 3 is 2.32 bits per heavy atom. The van der Waals surface area contributed by atoms with Crippen LogP contribution in [0.2, 0.25) is 0 Å². The van der Waals surface area contributed by atoms with Crippen LogP contribution < -0.4 is 16.0 Å². The van der Waals surface area contributed by atoms with Crippen LogP contribution >= 0.6 is 0 Å². The lowest BCUT2D eigenvalue weighted by atomic mass is 10.1. The van der Waals surface area contributed by atoms with Crippen LogP contribution in [0.1, 0.15) is 48.5 Å². The third kappa shape index (κ3) is 4.17. The normalized spacial score (nSPS) is 12.0. The van der Waals surface area contributed by atoms with E-state index in [1.807, 2.05) is 52.0 Å². The fraction of sp³-hybridized carbons (Fsp3) is 0.273. The van der Waals surface area contributed by atoms with Gasteiger partial charge in [0.25, 0.3) is 5.91 Å². The maximum absolute atomic E-state index is 12.9. The Bertz CT molecular complexity index is 1010. The highest BCUT2D eigenvalue weighted by Crippen LogP contribution is 2.29. The first-order valence-electron chi connectivity index (χ1n) is 9.32. The molecule has 3 amide bonds. The number of rotatable bonds is 5. The van der Waals surface area contributed by atoms with Crippen molar-refractivity contribution >= 4 is 28.6 Å². The second-order valence-electron chi connectivity index (χ2n) is 7.08. The summed E-state index contributed by atoms with van der Waals surface area (Å²) < 4.78 is 5.94. The molecule has 0 fully saturated rings. The Labute approximate surface area is 164 Å². The van der Waals surface area contributed by atoms with Gasteiger partial charge in [-0.1, -0.05) is 30.3 Å². The van der Waals surface area contributed by atoms with E-state index in [9.17, 15) is 9.59 Å². The molecule has 0 aliphatic carbocycles. The van der Waals surface area contributed by atoms with Crippen LogP contribution in [0.5, 0.6) is 0 Å². The van der Waals surface area contributed by atoms with E-state index in [2.05, 4.69) is 16.0 Å². The highest BCUT2D eigenvalue weighted by molar-refractivity contribution is 6.03. The Morgan fingerprint density at radius 2 is 1.61 bits per heavy atom. The summed E-state index contributed by atoms with van der Waals surface area (Å²) in [6, 6.07) is 14.0. The SMILES string of the molecule is Cc1c(C(C)NC(=O)c2ccccc2NC(=O)NC(C)C)oc2ccccc12. The van der Waals surface area contributed by atoms with Gasteiger partial charge in [0.05, 0.1) is 17.3 Å². The Morgan fingerprint density at radius 1 is 0.929 bits per heavy atom. The fourth-order valence-electron chi connectivity index (χ4n) is 3.16. The first-order chi connectivity index (χ1) is 13.4. The molecular formula is C22H25N3O3. The summed E-state index contributed by atoms with van der Waals surface area (Å²) >= 11 is 0. The predicted octanol–water partition coefficient (Wildman–Crippen LogP) is 4.76. The monoisotopic (exact) mass is 379 g/mol. The quantitative estimate of drug-likeness (QED) is 0.597. The highest BCUT2D eigenvalue weighted by atomic mass is 16.3. The van der Waals surface area contributed by atoms with Crippen molar-refractivity contribution in [2.24, 2.45) is 0 Å². The zero-order chi connectivity index (χ0) is 20.3. The first kappa shape index (κ1) is 19.5. The first-order valence-corrected chi connectivity index (χ1v) is 9.32. The molecule has 1 atom stereocenters. The molecule has 3 N–H and O–H groups in total. The van der Waals surface area contributed by atoms with Crippen molar-refractivity contribution in [1.29, 1.82) is 0 Å². The molecule has 0 saturated heterocycles. The maximum Gasteiger partial charge on any atom is 0.319 e. The van der Waals surface area contributed by atoms with Gasteiger partial charge < -0.3 is 20.4 Å². The van der Waals surface area contributed by atoms with E-state index in [4.69, 9.17) is 4.42 Å². The van der Waals surface area contributed by atoms with Gasteiger partial charge in [-0.15, -0.1) is 0 Å². The second kappa shape index (κ2) is 8.17. The topological polar surface area (TPSA) is 83.4 Å². The number of nitrogens with one attached hydrogen (secondary N) is 3. The smallest absolute Gasteiger partial charge is 0.319 e. The van der Waals surface area contributed by atoms with E-state index in [1.54, 1.807) is 24.3 Å². The summed E-state index contributed by atoms with van der Waals surface area (Å²) in [5.74, 6) is 0.436. The van der Waals surface area contributed by atoms with Crippen LogP contribution in [0, 0.1) is 6.92 Å². The van der Waals surface area contributed by atoms with Gasteiger partial charge in [-0.25, -0.2) is 4.79 Å². The van der Waals surface area contributed by atoms with E-state index in [-0.39, 0.29) is 24.0 Å². The molecule has 0 aliphatic rings. The summed E-state index contributed by atoms with van der Waals surface area (Å²) in [5.41, 5.74) is 2.64. The highest BCUT2D eigenvalue weighted by Gasteiger charge is 2.20. The number of hydrogen-bond acceptors (Lipinski definition) is 3. The number of fused-ring (bicyclic) bond motifs is 1. The zero-order valence-electron chi connectivity index (χ0n) is 16.5. The van der Waals surface area contributed by atoms with Crippen molar-refractivity contribution in [2.75, 3.05) is 5.32 Å². The van der Waals surface area contributed by atoms with E-state index in [0.29, 0.717) is 11.3 Å². The number of amides is 3.